The molecule has 37 heavy (non-hydrogen) atoms. The standard InChI is InChI=1S/C26H36N6O4S/c1-35-23-16-20(37(33,34)32-10-7-19(8-11-32)31-12-14-36-15-13-31)4-5-22(23)29-24-17-26(27,18-2-3-18)21-6-9-28-25(21)30-24/h4-6,16-19,29H,2-3,7-15,27H2,1H3,(H,28,30). The zero-order valence-corrected chi connectivity index (χ0v) is 22.1. The average Bonchev–Trinajstić information content (AvgIpc) is 3.68. The molecule has 0 spiro atoms. The maximum atomic E-state index is 13.5. The van der Waals surface area contributed by atoms with Crippen molar-refractivity contribution >= 4 is 21.5 Å². The third-order valence-electron chi connectivity index (χ3n) is 8.22. The van der Waals surface area contributed by atoms with Crippen molar-refractivity contribution in [2.45, 2.75) is 42.2 Å². The predicted molar refractivity (Wildman–Crippen MR) is 142 cm³/mol. The van der Waals surface area contributed by atoms with E-state index in [0.717, 1.165) is 69.2 Å². The predicted octanol–water partition coefficient (Wildman–Crippen LogP) is 1.48. The van der Waals surface area contributed by atoms with Crippen molar-refractivity contribution in [2.24, 2.45) is 16.6 Å². The number of piperidine rings is 1. The first-order chi connectivity index (χ1) is 17.9. The van der Waals surface area contributed by atoms with Crippen LogP contribution in [0.3, 0.4) is 0 Å². The van der Waals surface area contributed by atoms with Crippen LogP contribution in [0.15, 0.2) is 51.6 Å². The number of anilines is 1. The molecular formula is C26H36N6O4S. The van der Waals surface area contributed by atoms with E-state index in [4.69, 9.17) is 15.2 Å². The summed E-state index contributed by atoms with van der Waals surface area (Å²) in [6.45, 7) is 5.01. The Bertz CT molecular complexity index is 1240. The lowest BCUT2D eigenvalue weighted by molar-refractivity contribution is 0.00610. The van der Waals surface area contributed by atoms with Gasteiger partial charge in [0.2, 0.25) is 10.0 Å². The molecule has 1 unspecified atom stereocenters. The molecule has 5 aliphatic rings. The Morgan fingerprint density at radius 2 is 1.92 bits per heavy atom. The van der Waals surface area contributed by atoms with Gasteiger partial charge in [-0.15, -0.1) is 0 Å². The van der Waals surface area contributed by atoms with Crippen LogP contribution in [0.5, 0.6) is 5.75 Å². The van der Waals surface area contributed by atoms with Gasteiger partial charge < -0.3 is 25.8 Å². The van der Waals surface area contributed by atoms with Crippen molar-refractivity contribution in [3.05, 3.63) is 41.7 Å². The Morgan fingerprint density at radius 1 is 1.16 bits per heavy atom. The molecule has 0 amide bonds. The number of fused-ring (bicyclic) bond motifs is 1. The SMILES string of the molecule is COc1cc(S(=O)(=O)N2CCC(N3CCOCC3)CC2)ccc1NC1=CC(N)(C2CC2)C2=CCN=C2N1. The lowest BCUT2D eigenvalue weighted by atomic mass is 9.82. The summed E-state index contributed by atoms with van der Waals surface area (Å²) in [5, 5.41) is 6.70. The van der Waals surface area contributed by atoms with Gasteiger partial charge in [0.1, 0.15) is 17.4 Å². The van der Waals surface area contributed by atoms with Crippen LogP contribution < -0.4 is 21.1 Å². The molecule has 4 N–H and O–H groups in total. The number of nitrogens with zero attached hydrogens (tertiary/aromatic N) is 3. The second-order valence-corrected chi connectivity index (χ2v) is 12.4. The summed E-state index contributed by atoms with van der Waals surface area (Å²) in [5.41, 5.74) is 8.03. The minimum Gasteiger partial charge on any atom is -0.495 e. The molecule has 10 nitrogen and oxygen atoms in total. The second-order valence-electron chi connectivity index (χ2n) is 10.5. The zero-order valence-electron chi connectivity index (χ0n) is 21.3. The minimum absolute atomic E-state index is 0.238. The lowest BCUT2D eigenvalue weighted by Crippen LogP contribution is -2.52. The molecule has 2 saturated heterocycles. The topological polar surface area (TPSA) is 122 Å². The number of nitrogens with two attached hydrogens (primary N) is 1. The Morgan fingerprint density at radius 3 is 2.62 bits per heavy atom. The smallest absolute Gasteiger partial charge is 0.243 e. The molecule has 11 heteroatoms. The first-order valence-electron chi connectivity index (χ1n) is 13.2. The number of benzene rings is 1. The van der Waals surface area contributed by atoms with E-state index in [0.29, 0.717) is 43.0 Å². The molecule has 0 radical (unpaired) electrons. The van der Waals surface area contributed by atoms with E-state index in [1.54, 1.807) is 29.6 Å². The summed E-state index contributed by atoms with van der Waals surface area (Å²) in [6, 6.07) is 5.42. The molecule has 6 rings (SSSR count). The number of hydrogen-bond acceptors (Lipinski definition) is 9. The van der Waals surface area contributed by atoms with Gasteiger partial charge in [-0.05, 0) is 49.8 Å². The third-order valence-corrected chi connectivity index (χ3v) is 10.1. The number of rotatable bonds is 7. The number of morpholine rings is 1. The van der Waals surface area contributed by atoms with Crippen molar-refractivity contribution in [3.8, 4) is 5.75 Å². The van der Waals surface area contributed by atoms with Crippen molar-refractivity contribution in [3.63, 3.8) is 0 Å². The van der Waals surface area contributed by atoms with Crippen LogP contribution in [-0.2, 0) is 14.8 Å². The van der Waals surface area contributed by atoms with E-state index in [2.05, 4.69) is 26.6 Å². The maximum Gasteiger partial charge on any atom is 0.243 e. The normalized spacial score (nSPS) is 27.6. The molecule has 1 atom stereocenters. The zero-order chi connectivity index (χ0) is 25.6. The molecule has 1 aromatic carbocycles. The molecule has 1 aliphatic carbocycles. The van der Waals surface area contributed by atoms with Gasteiger partial charge in [0.05, 0.1) is 43.0 Å². The highest BCUT2D eigenvalue weighted by Gasteiger charge is 2.48. The summed E-state index contributed by atoms with van der Waals surface area (Å²) in [6.07, 6.45) is 7.99. The average molecular weight is 529 g/mol. The Labute approximate surface area is 218 Å². The fraction of sp³-hybridized carbons (Fsp3) is 0.577. The molecule has 200 valence electrons. The molecule has 1 aromatic rings. The summed E-state index contributed by atoms with van der Waals surface area (Å²) in [4.78, 5) is 7.23. The summed E-state index contributed by atoms with van der Waals surface area (Å²) in [5.74, 6) is 2.39. The Balaban J connectivity index is 1.18. The number of amidine groups is 1. The Hall–Kier alpha value is -2.44. The van der Waals surface area contributed by atoms with Crippen LogP contribution in [0.25, 0.3) is 0 Å². The monoisotopic (exact) mass is 528 g/mol. The molecule has 3 fully saturated rings. The highest BCUT2D eigenvalue weighted by Crippen LogP contribution is 2.45. The van der Waals surface area contributed by atoms with Gasteiger partial charge in [0.15, 0.2) is 0 Å². The van der Waals surface area contributed by atoms with E-state index in [9.17, 15) is 8.42 Å². The number of sulfonamides is 1. The quantitative estimate of drug-likeness (QED) is 0.487. The Kier molecular flexibility index (Phi) is 6.52. The van der Waals surface area contributed by atoms with Crippen LogP contribution in [-0.4, -0.2) is 88.1 Å². The highest BCUT2D eigenvalue weighted by atomic mass is 32.2. The minimum atomic E-state index is -3.63. The lowest BCUT2D eigenvalue weighted by Gasteiger charge is -2.39. The summed E-state index contributed by atoms with van der Waals surface area (Å²) in [7, 11) is -2.08. The van der Waals surface area contributed by atoms with Gasteiger partial charge in [0, 0.05) is 43.9 Å². The van der Waals surface area contributed by atoms with Crippen LogP contribution in [0, 0.1) is 5.92 Å². The second kappa shape index (κ2) is 9.70. The number of methoxy groups -OCH3 is 1. The van der Waals surface area contributed by atoms with Gasteiger partial charge in [-0.2, -0.15) is 4.31 Å². The summed E-state index contributed by atoms with van der Waals surface area (Å²) < 4.78 is 39.6. The number of ether oxygens (including phenoxy) is 2. The largest absolute Gasteiger partial charge is 0.495 e. The molecule has 4 aliphatic heterocycles. The number of aliphatic imine (C=N–C) groups is 1. The molecule has 0 bridgehead atoms. The van der Waals surface area contributed by atoms with E-state index in [1.807, 2.05) is 6.08 Å². The van der Waals surface area contributed by atoms with E-state index in [-0.39, 0.29) is 4.90 Å². The van der Waals surface area contributed by atoms with Crippen molar-refractivity contribution in [1.82, 2.24) is 14.5 Å². The highest BCUT2D eigenvalue weighted by molar-refractivity contribution is 7.89. The molecule has 4 heterocycles. The van der Waals surface area contributed by atoms with Crippen LogP contribution in [0.1, 0.15) is 25.7 Å². The van der Waals surface area contributed by atoms with Crippen LogP contribution in [0.2, 0.25) is 0 Å². The number of nitrogens with one attached hydrogen (secondary N) is 2. The number of hydrogen-bond donors (Lipinski definition) is 3. The van der Waals surface area contributed by atoms with Gasteiger partial charge >= 0.3 is 0 Å². The first kappa shape index (κ1) is 24.9. The fourth-order valence-corrected chi connectivity index (χ4v) is 7.45. The van der Waals surface area contributed by atoms with E-state index in [1.165, 1.54) is 0 Å². The maximum absolute atomic E-state index is 13.5. The first-order valence-corrected chi connectivity index (χ1v) is 14.6. The van der Waals surface area contributed by atoms with Crippen molar-refractivity contribution in [2.75, 3.05) is 58.4 Å². The van der Waals surface area contributed by atoms with Gasteiger partial charge in [-0.3, -0.25) is 9.89 Å². The van der Waals surface area contributed by atoms with Gasteiger partial charge in [-0.1, -0.05) is 6.08 Å². The van der Waals surface area contributed by atoms with Crippen LogP contribution in [0.4, 0.5) is 5.69 Å². The van der Waals surface area contributed by atoms with Crippen LogP contribution >= 0.6 is 0 Å². The third kappa shape index (κ3) is 4.67. The van der Waals surface area contributed by atoms with Gasteiger partial charge in [0.25, 0.3) is 0 Å². The molecule has 1 saturated carbocycles. The summed E-state index contributed by atoms with van der Waals surface area (Å²) >= 11 is 0. The fourth-order valence-electron chi connectivity index (χ4n) is 5.96. The molecular weight excluding hydrogens is 492 g/mol. The van der Waals surface area contributed by atoms with E-state index < -0.39 is 15.6 Å². The van der Waals surface area contributed by atoms with Crippen molar-refractivity contribution < 1.29 is 17.9 Å². The van der Waals surface area contributed by atoms with Gasteiger partial charge in [-0.25, -0.2) is 8.42 Å². The van der Waals surface area contributed by atoms with Crippen molar-refractivity contribution in [1.29, 1.82) is 0 Å². The van der Waals surface area contributed by atoms with E-state index >= 15 is 0 Å². The molecule has 0 aromatic heterocycles.